The van der Waals surface area contributed by atoms with Crippen molar-refractivity contribution in [2.75, 3.05) is 11.3 Å². The Hall–Kier alpha value is -1.02. The lowest BCUT2D eigenvalue weighted by Crippen LogP contribution is -2.33. The van der Waals surface area contributed by atoms with E-state index in [1.165, 1.54) is 0 Å². The number of carbonyl (C=O) groups is 1. The molecule has 0 aromatic heterocycles. The van der Waals surface area contributed by atoms with Gasteiger partial charge in [-0.3, -0.25) is 4.72 Å². The maximum absolute atomic E-state index is 11.8. The molecule has 0 aliphatic rings. The molecule has 1 aromatic carbocycles. The van der Waals surface area contributed by atoms with Gasteiger partial charge >= 0.3 is 5.97 Å². The summed E-state index contributed by atoms with van der Waals surface area (Å²) in [6, 6.07) is 2.24. The zero-order chi connectivity index (χ0) is 15.5. The van der Waals surface area contributed by atoms with Gasteiger partial charge in [-0.05, 0) is 18.1 Å². The molecule has 0 aliphatic carbocycles. The van der Waals surface area contributed by atoms with Crippen molar-refractivity contribution in [1.82, 2.24) is 4.72 Å². The molecule has 20 heavy (non-hydrogen) atoms. The molecule has 1 aromatic rings. The zero-order valence-electron chi connectivity index (χ0n) is 10.8. The van der Waals surface area contributed by atoms with Crippen LogP contribution in [0.3, 0.4) is 0 Å². The van der Waals surface area contributed by atoms with Crippen LogP contribution in [0.4, 0.5) is 5.69 Å². The first-order valence-corrected chi connectivity index (χ1v) is 7.86. The average Bonchev–Trinajstić information content (AvgIpc) is 2.31. The standard InChI is InChI=1S/C11H14Cl2N2O4S/c1-6(2)5-14-20(18,19)15-10-8(12)3-7(11(16)17)4-9(10)13/h3-4,6,14-15H,5H2,1-2H3,(H,16,17). The maximum Gasteiger partial charge on any atom is 0.335 e. The molecule has 0 unspecified atom stereocenters. The number of benzene rings is 1. The quantitative estimate of drug-likeness (QED) is 0.741. The molecule has 9 heteroatoms. The van der Waals surface area contributed by atoms with Crippen LogP contribution in [0.1, 0.15) is 24.2 Å². The third-order valence-corrected chi connectivity index (χ3v) is 3.82. The number of nitrogens with one attached hydrogen (secondary N) is 2. The van der Waals surface area contributed by atoms with Crippen LogP contribution in [0, 0.1) is 5.92 Å². The third kappa shape index (κ3) is 4.82. The van der Waals surface area contributed by atoms with Gasteiger partial charge in [-0.1, -0.05) is 37.0 Å². The summed E-state index contributed by atoms with van der Waals surface area (Å²) >= 11 is 11.7. The second-order valence-electron chi connectivity index (χ2n) is 4.47. The molecule has 1 rings (SSSR count). The molecular formula is C11H14Cl2N2O4S. The fraction of sp³-hybridized carbons (Fsp3) is 0.364. The van der Waals surface area contributed by atoms with Crippen molar-refractivity contribution in [2.24, 2.45) is 5.92 Å². The first-order valence-electron chi connectivity index (χ1n) is 5.62. The van der Waals surface area contributed by atoms with Crippen LogP contribution < -0.4 is 9.44 Å². The van der Waals surface area contributed by atoms with Crippen molar-refractivity contribution >= 4 is 45.1 Å². The highest BCUT2D eigenvalue weighted by Gasteiger charge is 2.17. The second kappa shape index (κ2) is 6.62. The Morgan fingerprint density at radius 2 is 1.80 bits per heavy atom. The van der Waals surface area contributed by atoms with Crippen LogP contribution in [0.25, 0.3) is 0 Å². The number of aromatic carboxylic acids is 1. The van der Waals surface area contributed by atoms with Crippen LogP contribution >= 0.6 is 23.2 Å². The number of halogens is 2. The summed E-state index contributed by atoms with van der Waals surface area (Å²) in [6.07, 6.45) is 0. The van der Waals surface area contributed by atoms with Gasteiger partial charge in [-0.25, -0.2) is 4.79 Å². The van der Waals surface area contributed by atoms with Gasteiger partial charge in [0, 0.05) is 6.54 Å². The number of anilines is 1. The van der Waals surface area contributed by atoms with Crippen molar-refractivity contribution in [3.8, 4) is 0 Å². The molecule has 0 aliphatic heterocycles. The predicted molar refractivity (Wildman–Crippen MR) is 78.8 cm³/mol. The van der Waals surface area contributed by atoms with Crippen molar-refractivity contribution in [2.45, 2.75) is 13.8 Å². The summed E-state index contributed by atoms with van der Waals surface area (Å²) in [4.78, 5) is 10.8. The van der Waals surface area contributed by atoms with E-state index < -0.39 is 16.2 Å². The molecule has 6 nitrogen and oxygen atoms in total. The van der Waals surface area contributed by atoms with Gasteiger partial charge in [0.1, 0.15) is 0 Å². The summed E-state index contributed by atoms with van der Waals surface area (Å²) < 4.78 is 28.1. The van der Waals surface area contributed by atoms with E-state index in [1.54, 1.807) is 0 Å². The molecule has 0 saturated heterocycles. The number of rotatable bonds is 6. The Bertz CT molecular complexity index is 594. The van der Waals surface area contributed by atoms with Crippen LogP contribution in [0.5, 0.6) is 0 Å². The Kier molecular flexibility index (Phi) is 5.64. The fourth-order valence-corrected chi connectivity index (χ4v) is 3.05. The minimum atomic E-state index is -3.82. The smallest absolute Gasteiger partial charge is 0.335 e. The van der Waals surface area contributed by atoms with Gasteiger partial charge in [-0.15, -0.1) is 0 Å². The van der Waals surface area contributed by atoms with E-state index in [-0.39, 0.29) is 33.8 Å². The normalized spacial score (nSPS) is 11.7. The molecular weight excluding hydrogens is 327 g/mol. The molecule has 0 saturated carbocycles. The monoisotopic (exact) mass is 340 g/mol. The van der Waals surface area contributed by atoms with Crippen LogP contribution in [-0.2, 0) is 10.2 Å². The van der Waals surface area contributed by atoms with Crippen molar-refractivity contribution in [1.29, 1.82) is 0 Å². The van der Waals surface area contributed by atoms with Crippen LogP contribution in [0.15, 0.2) is 12.1 Å². The Labute approximate surface area is 127 Å². The Morgan fingerprint density at radius 1 is 1.30 bits per heavy atom. The molecule has 0 amide bonds. The molecule has 0 heterocycles. The van der Waals surface area contributed by atoms with Gasteiger partial charge in [0.15, 0.2) is 0 Å². The number of hydrogen-bond acceptors (Lipinski definition) is 3. The van der Waals surface area contributed by atoms with Gasteiger partial charge < -0.3 is 5.11 Å². The summed E-state index contributed by atoms with van der Waals surface area (Å²) in [7, 11) is -3.82. The molecule has 0 bridgehead atoms. The summed E-state index contributed by atoms with van der Waals surface area (Å²) in [5, 5.41) is 8.65. The minimum absolute atomic E-state index is 0.0606. The van der Waals surface area contributed by atoms with Crippen molar-refractivity contribution in [3.05, 3.63) is 27.7 Å². The lowest BCUT2D eigenvalue weighted by Gasteiger charge is -2.13. The molecule has 3 N–H and O–H groups in total. The SMILES string of the molecule is CC(C)CNS(=O)(=O)Nc1c(Cl)cc(C(=O)O)cc1Cl. The number of hydrogen-bond donors (Lipinski definition) is 3. The number of carboxylic acids is 1. The lowest BCUT2D eigenvalue weighted by atomic mass is 10.2. The summed E-state index contributed by atoms with van der Waals surface area (Å²) in [5.41, 5.74) is -0.187. The first-order chi connectivity index (χ1) is 9.12. The van der Waals surface area contributed by atoms with Gasteiger partial charge in [0.05, 0.1) is 21.3 Å². The van der Waals surface area contributed by atoms with Crippen LogP contribution in [-0.4, -0.2) is 26.0 Å². The Balaban J connectivity index is 3.01. The zero-order valence-corrected chi connectivity index (χ0v) is 13.1. The van der Waals surface area contributed by atoms with E-state index in [0.29, 0.717) is 0 Å². The largest absolute Gasteiger partial charge is 0.478 e. The summed E-state index contributed by atoms with van der Waals surface area (Å²) in [5.74, 6) is -1.08. The highest BCUT2D eigenvalue weighted by molar-refractivity contribution is 7.90. The highest BCUT2D eigenvalue weighted by atomic mass is 35.5. The molecule has 0 atom stereocenters. The molecule has 0 fully saturated rings. The molecule has 0 spiro atoms. The number of carboxylic acid groups (broad SMARTS) is 1. The lowest BCUT2D eigenvalue weighted by molar-refractivity contribution is 0.0697. The van der Waals surface area contributed by atoms with Crippen molar-refractivity contribution < 1.29 is 18.3 Å². The third-order valence-electron chi connectivity index (χ3n) is 2.21. The van der Waals surface area contributed by atoms with Crippen LogP contribution in [0.2, 0.25) is 10.0 Å². The van der Waals surface area contributed by atoms with E-state index in [1.807, 2.05) is 13.8 Å². The second-order valence-corrected chi connectivity index (χ2v) is 6.78. The van der Waals surface area contributed by atoms with Crippen molar-refractivity contribution in [3.63, 3.8) is 0 Å². The van der Waals surface area contributed by atoms with E-state index in [9.17, 15) is 13.2 Å². The Morgan fingerprint density at radius 3 is 2.20 bits per heavy atom. The fourth-order valence-electron chi connectivity index (χ4n) is 1.24. The van der Waals surface area contributed by atoms with E-state index in [4.69, 9.17) is 28.3 Å². The maximum atomic E-state index is 11.8. The average molecular weight is 341 g/mol. The molecule has 112 valence electrons. The van der Waals surface area contributed by atoms with Gasteiger partial charge in [-0.2, -0.15) is 13.1 Å². The first kappa shape index (κ1) is 17.0. The minimum Gasteiger partial charge on any atom is -0.478 e. The molecule has 0 radical (unpaired) electrons. The van der Waals surface area contributed by atoms with Gasteiger partial charge in [0.25, 0.3) is 10.2 Å². The van der Waals surface area contributed by atoms with Gasteiger partial charge in [0.2, 0.25) is 0 Å². The van der Waals surface area contributed by atoms with E-state index >= 15 is 0 Å². The summed E-state index contributed by atoms with van der Waals surface area (Å²) in [6.45, 7) is 3.95. The predicted octanol–water partition coefficient (Wildman–Crippen LogP) is 2.59. The highest BCUT2D eigenvalue weighted by Crippen LogP contribution is 2.32. The van der Waals surface area contributed by atoms with E-state index in [2.05, 4.69) is 9.44 Å². The topological polar surface area (TPSA) is 95.5 Å². The van der Waals surface area contributed by atoms with E-state index in [0.717, 1.165) is 12.1 Å².